The molecule has 5 rings (SSSR count). The van der Waals surface area contributed by atoms with Gasteiger partial charge in [0.25, 0.3) is 0 Å². The topological polar surface area (TPSA) is 103 Å². The monoisotopic (exact) mass is 519 g/mol. The third-order valence-electron chi connectivity index (χ3n) is 10.2. The lowest BCUT2D eigenvalue weighted by Crippen LogP contribution is -2.48. The van der Waals surface area contributed by atoms with Crippen molar-refractivity contribution < 1.29 is 29.2 Å². The van der Waals surface area contributed by atoms with Crippen LogP contribution in [-0.4, -0.2) is 74.4 Å². The van der Waals surface area contributed by atoms with Crippen LogP contribution in [0.25, 0.3) is 0 Å². The van der Waals surface area contributed by atoms with E-state index in [1.54, 1.807) is 7.11 Å². The van der Waals surface area contributed by atoms with Crippen LogP contribution in [0.15, 0.2) is 22.8 Å². The second-order valence-corrected chi connectivity index (χ2v) is 12.8. The lowest BCUT2D eigenvalue weighted by molar-refractivity contribution is -0.158. The van der Waals surface area contributed by atoms with Crippen molar-refractivity contribution in [2.75, 3.05) is 33.5 Å². The van der Waals surface area contributed by atoms with Gasteiger partial charge in [0.2, 0.25) is 0 Å². The summed E-state index contributed by atoms with van der Waals surface area (Å²) in [5, 5.41) is 23.9. The van der Waals surface area contributed by atoms with Crippen LogP contribution in [0.2, 0.25) is 0 Å². The lowest BCUT2D eigenvalue weighted by atomic mass is 9.63. The van der Waals surface area contributed by atoms with Crippen molar-refractivity contribution in [3.8, 4) is 0 Å². The summed E-state index contributed by atoms with van der Waals surface area (Å²) in [4.78, 5) is 0. The fraction of sp³-hybridized carbons (Fsp3) is 0.867. The summed E-state index contributed by atoms with van der Waals surface area (Å²) in [6.45, 7) is 11.3. The molecule has 7 nitrogen and oxygen atoms in total. The van der Waals surface area contributed by atoms with Gasteiger partial charge >= 0.3 is 0 Å². The van der Waals surface area contributed by atoms with Gasteiger partial charge < -0.3 is 34.9 Å². The highest BCUT2D eigenvalue weighted by Crippen LogP contribution is 2.58. The molecule has 7 heteroatoms. The van der Waals surface area contributed by atoms with E-state index in [0.29, 0.717) is 37.5 Å². The molecule has 0 aromatic heterocycles. The van der Waals surface area contributed by atoms with Crippen LogP contribution in [0.1, 0.15) is 59.8 Å². The second kappa shape index (κ2) is 11.0. The van der Waals surface area contributed by atoms with Crippen molar-refractivity contribution in [2.24, 2.45) is 46.7 Å². The molecule has 1 saturated carbocycles. The summed E-state index contributed by atoms with van der Waals surface area (Å²) >= 11 is 0. The highest BCUT2D eigenvalue weighted by Gasteiger charge is 2.59. The molecule has 2 heterocycles. The summed E-state index contributed by atoms with van der Waals surface area (Å²) in [6.07, 6.45) is 4.96. The molecule has 0 spiro atoms. The Morgan fingerprint density at radius 3 is 2.70 bits per heavy atom. The summed E-state index contributed by atoms with van der Waals surface area (Å²) in [5.41, 5.74) is 9.69. The number of methoxy groups -OCH3 is 1. The van der Waals surface area contributed by atoms with Crippen LogP contribution in [0.4, 0.5) is 0 Å². The zero-order valence-electron chi connectivity index (χ0n) is 23.4. The minimum absolute atomic E-state index is 0.0632. The second-order valence-electron chi connectivity index (χ2n) is 12.8. The number of aliphatic hydroxyl groups is 2. The van der Waals surface area contributed by atoms with Crippen LogP contribution in [0, 0.1) is 40.9 Å². The summed E-state index contributed by atoms with van der Waals surface area (Å²) < 4.78 is 24.1. The van der Waals surface area contributed by atoms with Crippen molar-refractivity contribution in [1.29, 1.82) is 0 Å². The molecule has 5 aliphatic rings. The largest absolute Gasteiger partial charge is 0.392 e. The van der Waals surface area contributed by atoms with E-state index in [-0.39, 0.29) is 29.3 Å². The van der Waals surface area contributed by atoms with Crippen molar-refractivity contribution in [2.45, 2.75) is 90.5 Å². The fourth-order valence-corrected chi connectivity index (χ4v) is 8.36. The van der Waals surface area contributed by atoms with Gasteiger partial charge in [-0.15, -0.1) is 0 Å². The van der Waals surface area contributed by atoms with Crippen molar-refractivity contribution >= 4 is 0 Å². The predicted octanol–water partition coefficient (Wildman–Crippen LogP) is 3.43. The van der Waals surface area contributed by atoms with Gasteiger partial charge in [0.05, 0.1) is 50.2 Å². The van der Waals surface area contributed by atoms with Gasteiger partial charge in [-0.1, -0.05) is 50.5 Å². The van der Waals surface area contributed by atoms with Gasteiger partial charge in [0.15, 0.2) is 6.29 Å². The van der Waals surface area contributed by atoms with E-state index in [9.17, 15) is 10.2 Å². The van der Waals surface area contributed by atoms with E-state index in [1.165, 1.54) is 16.7 Å². The van der Waals surface area contributed by atoms with Crippen LogP contribution in [0.3, 0.4) is 0 Å². The first-order chi connectivity index (χ1) is 17.7. The molecule has 0 unspecified atom stereocenters. The SMILES string of the molecule is COC[C@H]1CC[C@@H]2C1=C[C@@]1(C)CCC(C(C)C)=C1[C@@H]([C@H]1O[C@@H]3CO[C@@H](OCCCN)[C@@H]3[C@H]1O)[C@H](O)[C@@H]2C. The molecular formula is C30H49NO6. The Bertz CT molecular complexity index is 887. The molecule has 210 valence electrons. The molecule has 11 atom stereocenters. The summed E-state index contributed by atoms with van der Waals surface area (Å²) in [7, 11) is 1.79. The highest BCUT2D eigenvalue weighted by molar-refractivity contribution is 5.41. The van der Waals surface area contributed by atoms with Gasteiger partial charge in [0, 0.05) is 24.4 Å². The Morgan fingerprint density at radius 2 is 2.00 bits per heavy atom. The van der Waals surface area contributed by atoms with Crippen LogP contribution < -0.4 is 5.73 Å². The first kappa shape index (κ1) is 27.8. The van der Waals surface area contributed by atoms with E-state index >= 15 is 0 Å². The Morgan fingerprint density at radius 1 is 1.22 bits per heavy atom. The van der Waals surface area contributed by atoms with Crippen molar-refractivity contribution in [1.82, 2.24) is 0 Å². The molecule has 0 aromatic carbocycles. The number of aliphatic hydroxyl groups excluding tert-OH is 2. The third-order valence-corrected chi connectivity index (χ3v) is 10.2. The minimum Gasteiger partial charge on any atom is -0.392 e. The maximum absolute atomic E-state index is 12.2. The van der Waals surface area contributed by atoms with Gasteiger partial charge in [-0.3, -0.25) is 0 Å². The van der Waals surface area contributed by atoms with Crippen molar-refractivity contribution in [3.05, 3.63) is 22.8 Å². The van der Waals surface area contributed by atoms with E-state index in [2.05, 4.69) is 33.8 Å². The molecule has 37 heavy (non-hydrogen) atoms. The van der Waals surface area contributed by atoms with Crippen LogP contribution in [-0.2, 0) is 18.9 Å². The Kier molecular flexibility index (Phi) is 8.25. The molecule has 0 bridgehead atoms. The molecule has 2 saturated heterocycles. The van der Waals surface area contributed by atoms with Crippen LogP contribution in [0.5, 0.6) is 0 Å². The average molecular weight is 520 g/mol. The highest BCUT2D eigenvalue weighted by atomic mass is 16.7. The molecule has 4 N–H and O–H groups in total. The molecule has 0 amide bonds. The van der Waals surface area contributed by atoms with Crippen LogP contribution >= 0.6 is 0 Å². The van der Waals surface area contributed by atoms with Gasteiger partial charge in [-0.05, 0) is 56.4 Å². The maximum atomic E-state index is 12.2. The number of ether oxygens (including phenoxy) is 4. The molecule has 0 aromatic rings. The molecule has 3 fully saturated rings. The first-order valence-corrected chi connectivity index (χ1v) is 14.6. The zero-order chi connectivity index (χ0) is 26.5. The van der Waals surface area contributed by atoms with Crippen molar-refractivity contribution in [3.63, 3.8) is 0 Å². The maximum Gasteiger partial charge on any atom is 0.165 e. The first-order valence-electron chi connectivity index (χ1n) is 14.6. The molecule has 0 radical (unpaired) electrons. The average Bonchev–Trinajstić information content (AvgIpc) is 3.60. The predicted molar refractivity (Wildman–Crippen MR) is 142 cm³/mol. The minimum atomic E-state index is -0.763. The molecule has 3 aliphatic carbocycles. The summed E-state index contributed by atoms with van der Waals surface area (Å²) in [5.74, 6) is 0.668. The fourth-order valence-electron chi connectivity index (χ4n) is 8.36. The number of nitrogens with two attached hydrogens (primary N) is 1. The van der Waals surface area contributed by atoms with Gasteiger partial charge in [0.1, 0.15) is 0 Å². The zero-order valence-corrected chi connectivity index (χ0v) is 23.4. The number of hydrogen-bond donors (Lipinski definition) is 3. The standard InChI is InChI=1S/C30H49NO6/c1-16(2)19-9-10-30(4)13-21-18(14-34-5)7-8-20(21)17(3)26(32)24(25(19)30)28-27(33)23-22(37-28)15-36-29(23)35-12-6-11-31/h13,16-18,20,22-24,26-29,32-33H,6-12,14-15,31H2,1-5H3/t17-,18-,20+,22-,23+,24-,26-,27-,28-,29-,30-/m1/s1. The number of hydrogen-bond acceptors (Lipinski definition) is 7. The summed E-state index contributed by atoms with van der Waals surface area (Å²) in [6, 6.07) is 0. The Hall–Kier alpha value is -0.800. The normalized spacial score (nSPS) is 45.6. The molecular weight excluding hydrogens is 470 g/mol. The Balaban J connectivity index is 1.53. The smallest absolute Gasteiger partial charge is 0.165 e. The lowest BCUT2D eigenvalue weighted by Gasteiger charge is -2.45. The third kappa shape index (κ3) is 4.77. The van der Waals surface area contributed by atoms with E-state index in [0.717, 1.165) is 38.7 Å². The van der Waals surface area contributed by atoms with E-state index < -0.39 is 24.6 Å². The van der Waals surface area contributed by atoms with E-state index in [1.807, 2.05) is 0 Å². The van der Waals surface area contributed by atoms with Gasteiger partial charge in [-0.25, -0.2) is 0 Å². The number of allylic oxidation sites excluding steroid dienone is 2. The quantitative estimate of drug-likeness (QED) is 0.333. The van der Waals surface area contributed by atoms with E-state index in [4.69, 9.17) is 24.7 Å². The van der Waals surface area contributed by atoms with Gasteiger partial charge in [-0.2, -0.15) is 0 Å². The molecule has 2 aliphatic heterocycles. The Labute approximate surface area is 222 Å². The number of rotatable bonds is 8. The number of fused-ring (bicyclic) bond motifs is 3.